The van der Waals surface area contributed by atoms with E-state index in [0.29, 0.717) is 6.04 Å². The maximum atomic E-state index is 3.85. The van der Waals surface area contributed by atoms with Crippen LogP contribution in [0.2, 0.25) is 0 Å². The Morgan fingerprint density at radius 2 is 1.46 bits per heavy atom. The third kappa shape index (κ3) is 3.41. The van der Waals surface area contributed by atoms with Gasteiger partial charge in [0, 0.05) is 11.7 Å². The van der Waals surface area contributed by atoms with Gasteiger partial charge in [-0.05, 0) is 110 Å². The molecule has 2 aromatic carbocycles. The number of fused-ring (bicyclic) bond motifs is 1. The van der Waals surface area contributed by atoms with Crippen molar-refractivity contribution in [3.63, 3.8) is 0 Å². The molecule has 0 amide bonds. The molecule has 0 saturated carbocycles. The lowest BCUT2D eigenvalue weighted by molar-refractivity contribution is 0.588. The molecule has 140 valence electrons. The smallest absolute Gasteiger partial charge is 0.0372 e. The van der Waals surface area contributed by atoms with E-state index in [-0.39, 0.29) is 5.41 Å². The first-order valence-corrected chi connectivity index (χ1v) is 10.1. The predicted molar refractivity (Wildman–Crippen MR) is 115 cm³/mol. The Bertz CT molecular complexity index is 836. The molecular weight excluding hydrogens is 314 g/mol. The maximum Gasteiger partial charge on any atom is 0.0372 e. The summed E-state index contributed by atoms with van der Waals surface area (Å²) in [5.41, 5.74) is 13.5. The van der Waals surface area contributed by atoms with E-state index in [0.717, 1.165) is 6.42 Å². The molecule has 26 heavy (non-hydrogen) atoms. The summed E-state index contributed by atoms with van der Waals surface area (Å²) in [5, 5.41) is 3.85. The fraction of sp³-hybridized carbons (Fsp3) is 0.520. The second-order valence-corrected chi connectivity index (χ2v) is 9.32. The fourth-order valence-electron chi connectivity index (χ4n) is 4.38. The predicted octanol–water partition coefficient (Wildman–Crippen LogP) is 6.50. The van der Waals surface area contributed by atoms with E-state index in [4.69, 9.17) is 0 Å². The summed E-state index contributed by atoms with van der Waals surface area (Å²) < 4.78 is 0. The van der Waals surface area contributed by atoms with Crippen molar-refractivity contribution < 1.29 is 0 Å². The van der Waals surface area contributed by atoms with Gasteiger partial charge in [-0.15, -0.1) is 0 Å². The van der Waals surface area contributed by atoms with Gasteiger partial charge < -0.3 is 5.32 Å². The first-order valence-electron chi connectivity index (χ1n) is 10.1. The number of benzene rings is 2. The molecule has 1 unspecified atom stereocenters. The molecule has 0 aromatic heterocycles. The van der Waals surface area contributed by atoms with Gasteiger partial charge >= 0.3 is 0 Å². The lowest BCUT2D eigenvalue weighted by Gasteiger charge is -2.31. The van der Waals surface area contributed by atoms with E-state index in [1.807, 2.05) is 0 Å². The molecule has 1 heteroatoms. The van der Waals surface area contributed by atoms with E-state index in [9.17, 15) is 0 Å². The summed E-state index contributed by atoms with van der Waals surface area (Å²) in [4.78, 5) is 0. The van der Waals surface area contributed by atoms with Crippen LogP contribution in [0.25, 0.3) is 0 Å². The quantitative estimate of drug-likeness (QED) is 0.653. The van der Waals surface area contributed by atoms with Gasteiger partial charge in [0.1, 0.15) is 0 Å². The molecular formula is C25H35N. The van der Waals surface area contributed by atoms with Gasteiger partial charge in [-0.3, -0.25) is 0 Å². The number of hydrogen-bond donors (Lipinski definition) is 1. The van der Waals surface area contributed by atoms with Gasteiger partial charge in [-0.1, -0.05) is 32.9 Å². The minimum atomic E-state index is 0.205. The minimum absolute atomic E-state index is 0.205. The molecule has 1 aliphatic carbocycles. The molecule has 0 bridgehead atoms. The highest BCUT2D eigenvalue weighted by Gasteiger charge is 2.24. The van der Waals surface area contributed by atoms with Crippen molar-refractivity contribution in [1.82, 2.24) is 0 Å². The topological polar surface area (TPSA) is 12.0 Å². The molecule has 1 atom stereocenters. The van der Waals surface area contributed by atoms with Crippen LogP contribution in [0.5, 0.6) is 0 Å². The number of anilines is 1. The van der Waals surface area contributed by atoms with Crippen molar-refractivity contribution in [2.45, 2.75) is 86.1 Å². The molecule has 0 heterocycles. The van der Waals surface area contributed by atoms with Gasteiger partial charge in [0.05, 0.1) is 0 Å². The fourth-order valence-corrected chi connectivity index (χ4v) is 4.38. The summed E-state index contributed by atoms with van der Waals surface area (Å²) >= 11 is 0. The van der Waals surface area contributed by atoms with Crippen LogP contribution in [0, 0.1) is 34.6 Å². The van der Waals surface area contributed by atoms with E-state index < -0.39 is 0 Å². The normalized spacial score (nSPS) is 17.2. The Kier molecular flexibility index (Phi) is 4.94. The first kappa shape index (κ1) is 19.0. The number of rotatable bonds is 2. The van der Waals surface area contributed by atoms with Crippen LogP contribution in [-0.4, -0.2) is 6.04 Å². The van der Waals surface area contributed by atoms with Crippen molar-refractivity contribution in [1.29, 1.82) is 0 Å². The molecule has 0 saturated heterocycles. The minimum Gasteiger partial charge on any atom is -0.382 e. The Hall–Kier alpha value is -1.76. The van der Waals surface area contributed by atoms with E-state index >= 15 is 0 Å². The molecule has 0 aliphatic heterocycles. The molecule has 1 N–H and O–H groups in total. The van der Waals surface area contributed by atoms with Crippen LogP contribution in [0.4, 0.5) is 5.69 Å². The lowest BCUT2D eigenvalue weighted by atomic mass is 9.79. The molecule has 2 aromatic rings. The standard InChI is InChI=1S/C25H35N/c1-15-13-20(25(6,7)8)9-12-24(15)26-21-10-11-22-18(4)16(2)17(3)19(5)23(22)14-21/h9,12-13,21,26H,10-11,14H2,1-8H3. The maximum absolute atomic E-state index is 3.85. The average Bonchev–Trinajstić information content (AvgIpc) is 2.59. The second kappa shape index (κ2) is 6.76. The summed E-state index contributed by atoms with van der Waals surface area (Å²) in [7, 11) is 0. The zero-order valence-corrected chi connectivity index (χ0v) is 17.9. The number of nitrogens with one attached hydrogen (secondary N) is 1. The monoisotopic (exact) mass is 349 g/mol. The van der Waals surface area contributed by atoms with Crippen LogP contribution >= 0.6 is 0 Å². The number of hydrogen-bond acceptors (Lipinski definition) is 1. The third-order valence-electron chi connectivity index (χ3n) is 6.60. The van der Waals surface area contributed by atoms with E-state index in [1.54, 1.807) is 11.1 Å². The zero-order valence-electron chi connectivity index (χ0n) is 17.9. The highest BCUT2D eigenvalue weighted by atomic mass is 14.9. The Morgan fingerprint density at radius 3 is 2.04 bits per heavy atom. The molecule has 0 fully saturated rings. The Morgan fingerprint density at radius 1 is 0.846 bits per heavy atom. The summed E-state index contributed by atoms with van der Waals surface area (Å²) in [6.07, 6.45) is 3.56. The van der Waals surface area contributed by atoms with Gasteiger partial charge in [0.15, 0.2) is 0 Å². The molecule has 1 aliphatic rings. The Labute approximate surface area is 160 Å². The molecule has 1 nitrogen and oxygen atoms in total. The van der Waals surface area contributed by atoms with Gasteiger partial charge in [0.25, 0.3) is 0 Å². The average molecular weight is 350 g/mol. The van der Waals surface area contributed by atoms with E-state index in [2.05, 4.69) is 78.9 Å². The Balaban J connectivity index is 1.85. The van der Waals surface area contributed by atoms with Gasteiger partial charge in [-0.2, -0.15) is 0 Å². The van der Waals surface area contributed by atoms with Crippen molar-refractivity contribution >= 4 is 5.69 Å². The van der Waals surface area contributed by atoms with Crippen LogP contribution < -0.4 is 5.32 Å². The second-order valence-electron chi connectivity index (χ2n) is 9.32. The summed E-state index contributed by atoms with van der Waals surface area (Å²) in [6, 6.07) is 7.45. The van der Waals surface area contributed by atoms with Crippen molar-refractivity contribution in [3.05, 3.63) is 62.7 Å². The van der Waals surface area contributed by atoms with Crippen molar-refractivity contribution in [2.75, 3.05) is 5.32 Å². The molecule has 0 spiro atoms. The van der Waals surface area contributed by atoms with Gasteiger partial charge in [0.2, 0.25) is 0 Å². The highest BCUT2D eigenvalue weighted by Crippen LogP contribution is 2.34. The number of aryl methyl sites for hydroxylation is 1. The SMILES string of the molecule is Cc1cc(C(C)(C)C)ccc1NC1CCc2c(C)c(C)c(C)c(C)c2C1. The largest absolute Gasteiger partial charge is 0.382 e. The lowest BCUT2D eigenvalue weighted by Crippen LogP contribution is -2.29. The molecule has 3 rings (SSSR count). The van der Waals surface area contributed by atoms with Crippen LogP contribution in [0.1, 0.15) is 71.7 Å². The summed E-state index contributed by atoms with van der Waals surface area (Å²) in [5.74, 6) is 0. The first-order chi connectivity index (χ1) is 12.1. The van der Waals surface area contributed by atoms with Crippen molar-refractivity contribution in [3.8, 4) is 0 Å². The van der Waals surface area contributed by atoms with Crippen LogP contribution in [0.15, 0.2) is 18.2 Å². The summed E-state index contributed by atoms with van der Waals surface area (Å²) in [6.45, 7) is 18.3. The molecule has 0 radical (unpaired) electrons. The highest BCUT2D eigenvalue weighted by molar-refractivity contribution is 5.56. The zero-order chi connectivity index (χ0) is 19.2. The van der Waals surface area contributed by atoms with Gasteiger partial charge in [-0.25, -0.2) is 0 Å². The van der Waals surface area contributed by atoms with Crippen LogP contribution in [0.3, 0.4) is 0 Å². The van der Waals surface area contributed by atoms with Crippen LogP contribution in [-0.2, 0) is 18.3 Å². The van der Waals surface area contributed by atoms with Crippen molar-refractivity contribution in [2.24, 2.45) is 0 Å². The third-order valence-corrected chi connectivity index (χ3v) is 6.60. The van der Waals surface area contributed by atoms with E-state index in [1.165, 1.54) is 51.9 Å².